The van der Waals surface area contributed by atoms with Gasteiger partial charge in [0.05, 0.1) is 11.6 Å². The maximum Gasteiger partial charge on any atom is 0.335 e. The van der Waals surface area contributed by atoms with Crippen LogP contribution in [0.1, 0.15) is 6.92 Å². The maximum atomic E-state index is 10.9. The third-order valence-electron chi connectivity index (χ3n) is 0.996. The molecule has 0 radical (unpaired) electrons. The van der Waals surface area contributed by atoms with Crippen molar-refractivity contribution < 1.29 is 9.53 Å². The number of hydrogen-bond donors (Lipinski definition) is 2. The lowest BCUT2D eigenvalue weighted by Crippen LogP contribution is -2.13. The fourth-order valence-corrected chi connectivity index (χ4v) is 0.447. The van der Waals surface area contributed by atoms with E-state index in [1.807, 2.05) is 0 Å². The SMILES string of the molecule is CC(=CN=C=N)C(=O)OCCN. The number of nitrogens with zero attached hydrogens (tertiary/aromatic N) is 1. The van der Waals surface area contributed by atoms with Gasteiger partial charge in [0, 0.05) is 12.7 Å². The van der Waals surface area contributed by atoms with E-state index in [-0.39, 0.29) is 6.61 Å². The third kappa shape index (κ3) is 4.38. The maximum absolute atomic E-state index is 10.9. The minimum atomic E-state index is -0.473. The zero-order valence-electron chi connectivity index (χ0n) is 6.83. The van der Waals surface area contributed by atoms with Gasteiger partial charge in [-0.05, 0) is 6.92 Å². The van der Waals surface area contributed by atoms with E-state index in [1.165, 1.54) is 6.20 Å². The summed E-state index contributed by atoms with van der Waals surface area (Å²) < 4.78 is 4.67. The Morgan fingerprint density at radius 2 is 2.50 bits per heavy atom. The molecule has 0 atom stereocenters. The molecule has 0 aromatic rings. The number of ether oxygens (including phenoxy) is 1. The quantitative estimate of drug-likeness (QED) is 0.356. The van der Waals surface area contributed by atoms with Crippen molar-refractivity contribution in [3.05, 3.63) is 11.8 Å². The fraction of sp³-hybridized carbons (Fsp3) is 0.429. The van der Waals surface area contributed by atoms with Gasteiger partial charge in [-0.2, -0.15) is 4.99 Å². The van der Waals surface area contributed by atoms with Crippen LogP contribution in [-0.4, -0.2) is 25.1 Å². The Labute approximate surface area is 70.4 Å². The van der Waals surface area contributed by atoms with Crippen molar-refractivity contribution in [3.8, 4) is 0 Å². The van der Waals surface area contributed by atoms with E-state index in [1.54, 1.807) is 12.9 Å². The van der Waals surface area contributed by atoms with Crippen LogP contribution in [-0.2, 0) is 9.53 Å². The predicted molar refractivity (Wildman–Crippen MR) is 43.9 cm³/mol. The zero-order chi connectivity index (χ0) is 9.40. The van der Waals surface area contributed by atoms with Crippen LogP contribution < -0.4 is 5.73 Å². The van der Waals surface area contributed by atoms with Gasteiger partial charge in [0.1, 0.15) is 6.61 Å². The number of carbonyl (C=O) groups is 1. The van der Waals surface area contributed by atoms with Gasteiger partial charge in [-0.25, -0.2) is 10.2 Å². The summed E-state index contributed by atoms with van der Waals surface area (Å²) in [6, 6.07) is 1.78. The molecule has 0 aliphatic carbocycles. The molecule has 0 amide bonds. The second-order valence-electron chi connectivity index (χ2n) is 1.98. The fourth-order valence-electron chi connectivity index (χ4n) is 0.447. The molecule has 5 heteroatoms. The molecule has 5 nitrogen and oxygen atoms in total. The lowest BCUT2D eigenvalue weighted by atomic mass is 10.3. The van der Waals surface area contributed by atoms with Crippen molar-refractivity contribution in [3.63, 3.8) is 0 Å². The molecule has 0 saturated heterocycles. The molecule has 0 aromatic carbocycles. The van der Waals surface area contributed by atoms with Crippen LogP contribution in [0.3, 0.4) is 0 Å². The Morgan fingerprint density at radius 1 is 1.83 bits per heavy atom. The highest BCUT2D eigenvalue weighted by Crippen LogP contribution is 1.95. The number of nitrogens with two attached hydrogens (primary N) is 1. The lowest BCUT2D eigenvalue weighted by Gasteiger charge is -2.00. The number of aliphatic imine (C=N–C) groups is 1. The van der Waals surface area contributed by atoms with Crippen LogP contribution in [0.5, 0.6) is 0 Å². The molecular weight excluding hydrogens is 158 g/mol. The Hall–Kier alpha value is -1.45. The van der Waals surface area contributed by atoms with Crippen LogP contribution in [0.15, 0.2) is 16.8 Å². The summed E-state index contributed by atoms with van der Waals surface area (Å²) in [4.78, 5) is 14.2. The second-order valence-corrected chi connectivity index (χ2v) is 1.98. The summed E-state index contributed by atoms with van der Waals surface area (Å²) in [5.74, 6) is -0.473. The highest BCUT2D eigenvalue weighted by atomic mass is 16.5. The minimum absolute atomic E-state index is 0.193. The summed E-state index contributed by atoms with van der Waals surface area (Å²) >= 11 is 0. The first-order valence-corrected chi connectivity index (χ1v) is 3.38. The molecule has 0 spiro atoms. The summed E-state index contributed by atoms with van der Waals surface area (Å²) in [7, 11) is 0. The largest absolute Gasteiger partial charge is 0.461 e. The van der Waals surface area contributed by atoms with E-state index in [9.17, 15) is 4.79 Å². The second kappa shape index (κ2) is 6.27. The molecule has 0 aliphatic heterocycles. The van der Waals surface area contributed by atoms with E-state index in [0.717, 1.165) is 0 Å². The lowest BCUT2D eigenvalue weighted by molar-refractivity contribution is -0.138. The van der Waals surface area contributed by atoms with Gasteiger partial charge in [0.25, 0.3) is 0 Å². The molecule has 0 aromatic heterocycles. The number of esters is 1. The van der Waals surface area contributed by atoms with Crippen molar-refractivity contribution in [2.45, 2.75) is 6.92 Å². The van der Waals surface area contributed by atoms with E-state index in [0.29, 0.717) is 12.1 Å². The van der Waals surface area contributed by atoms with Gasteiger partial charge >= 0.3 is 5.97 Å². The summed E-state index contributed by atoms with van der Waals surface area (Å²) in [6.07, 6.45) is 1.21. The van der Waals surface area contributed by atoms with Gasteiger partial charge in [-0.1, -0.05) is 0 Å². The van der Waals surface area contributed by atoms with Crippen molar-refractivity contribution in [1.82, 2.24) is 0 Å². The zero-order valence-corrected chi connectivity index (χ0v) is 6.83. The molecule has 0 bridgehead atoms. The van der Waals surface area contributed by atoms with Crippen LogP contribution in [0.2, 0.25) is 0 Å². The summed E-state index contributed by atoms with van der Waals surface area (Å²) in [5, 5.41) is 6.44. The number of nitrogens with one attached hydrogen (secondary N) is 1. The Balaban J connectivity index is 4.00. The van der Waals surface area contributed by atoms with Gasteiger partial charge in [0.15, 0.2) is 0 Å². The van der Waals surface area contributed by atoms with Gasteiger partial charge in [-0.15, -0.1) is 0 Å². The minimum Gasteiger partial charge on any atom is -0.461 e. The first-order valence-electron chi connectivity index (χ1n) is 3.38. The van der Waals surface area contributed by atoms with Gasteiger partial charge < -0.3 is 10.5 Å². The predicted octanol–water partition coefficient (Wildman–Crippen LogP) is 0.145. The van der Waals surface area contributed by atoms with Crippen LogP contribution in [0.25, 0.3) is 0 Å². The standard InChI is InChI=1S/C7H11N3O2/c1-6(4-10-5-9)7(11)12-3-2-8/h4,9H,2-3,8H2,1H3. The van der Waals surface area contributed by atoms with E-state index >= 15 is 0 Å². The highest BCUT2D eigenvalue weighted by molar-refractivity contribution is 5.87. The van der Waals surface area contributed by atoms with Crippen LogP contribution in [0.4, 0.5) is 0 Å². The van der Waals surface area contributed by atoms with E-state index in [4.69, 9.17) is 11.1 Å². The highest BCUT2D eigenvalue weighted by Gasteiger charge is 2.03. The molecule has 0 saturated carbocycles. The normalized spacial score (nSPS) is 10.3. The van der Waals surface area contributed by atoms with Crippen molar-refractivity contribution in [2.75, 3.05) is 13.2 Å². The van der Waals surface area contributed by atoms with Crippen LogP contribution in [0, 0.1) is 5.41 Å². The molecule has 0 heterocycles. The van der Waals surface area contributed by atoms with Gasteiger partial charge in [0.2, 0.25) is 0 Å². The Morgan fingerprint density at radius 3 is 3.00 bits per heavy atom. The molecule has 0 aliphatic rings. The average molecular weight is 169 g/mol. The number of carbonyl (C=O) groups excluding carboxylic acids is 1. The van der Waals surface area contributed by atoms with Gasteiger partial charge in [-0.3, -0.25) is 0 Å². The topological polar surface area (TPSA) is 88.5 Å². The third-order valence-corrected chi connectivity index (χ3v) is 0.996. The Bertz CT molecular complexity index is 229. The molecule has 66 valence electrons. The smallest absolute Gasteiger partial charge is 0.335 e. The van der Waals surface area contributed by atoms with Crippen molar-refractivity contribution in [1.29, 1.82) is 5.41 Å². The first kappa shape index (κ1) is 10.6. The molecule has 3 N–H and O–H groups in total. The number of rotatable bonds is 4. The Kier molecular flexibility index (Phi) is 5.51. The van der Waals surface area contributed by atoms with Crippen molar-refractivity contribution in [2.24, 2.45) is 10.7 Å². The monoisotopic (exact) mass is 169 g/mol. The molecule has 0 fully saturated rings. The van der Waals surface area contributed by atoms with Crippen LogP contribution >= 0.6 is 0 Å². The molecule has 0 rings (SSSR count). The number of hydrogen-bond acceptors (Lipinski definition) is 5. The molecule has 12 heavy (non-hydrogen) atoms. The molecular formula is C7H11N3O2. The van der Waals surface area contributed by atoms with E-state index in [2.05, 4.69) is 9.73 Å². The van der Waals surface area contributed by atoms with Crippen molar-refractivity contribution >= 4 is 12.0 Å². The molecule has 0 unspecified atom stereocenters. The average Bonchev–Trinajstić information content (AvgIpc) is 2.10. The summed E-state index contributed by atoms with van der Waals surface area (Å²) in [5.41, 5.74) is 5.44. The summed E-state index contributed by atoms with van der Waals surface area (Å²) in [6.45, 7) is 2.03. The van der Waals surface area contributed by atoms with E-state index < -0.39 is 5.97 Å². The first-order chi connectivity index (χ1) is 5.72.